The van der Waals surface area contributed by atoms with Crippen LogP contribution in [0.15, 0.2) is 65.7 Å². The van der Waals surface area contributed by atoms with Crippen molar-refractivity contribution in [3.63, 3.8) is 0 Å². The Kier molecular flexibility index (Phi) is 5.10. The van der Waals surface area contributed by atoms with Crippen LogP contribution < -0.4 is 20.5 Å². The molecule has 27 heavy (non-hydrogen) atoms. The van der Waals surface area contributed by atoms with Crippen LogP contribution in [-0.4, -0.2) is 25.7 Å². The van der Waals surface area contributed by atoms with Gasteiger partial charge in [0.15, 0.2) is 17.5 Å². The van der Waals surface area contributed by atoms with Gasteiger partial charge in [0.2, 0.25) is 0 Å². The van der Waals surface area contributed by atoms with Crippen molar-refractivity contribution in [2.24, 2.45) is 10.7 Å². The van der Waals surface area contributed by atoms with E-state index in [1.807, 2.05) is 18.2 Å². The average molecular weight is 361 g/mol. The van der Waals surface area contributed by atoms with Gasteiger partial charge in [-0.05, 0) is 34.9 Å². The first-order valence-corrected chi connectivity index (χ1v) is 9.22. The highest BCUT2D eigenvalue weighted by molar-refractivity contribution is 5.92. The lowest BCUT2D eigenvalue weighted by molar-refractivity contribution is 0.297. The highest BCUT2D eigenvalue weighted by atomic mass is 16.5. The Morgan fingerprint density at radius 1 is 0.926 bits per heavy atom. The fourth-order valence-electron chi connectivity index (χ4n) is 3.13. The fourth-order valence-corrected chi connectivity index (χ4v) is 3.13. The highest BCUT2D eigenvalue weighted by Gasteiger charge is 2.10. The third-order valence-corrected chi connectivity index (χ3v) is 4.52. The fraction of sp³-hybridized carbons (Fsp3) is 0.227. The molecule has 4 rings (SSSR count). The van der Waals surface area contributed by atoms with E-state index in [2.05, 4.69) is 52.8 Å². The monoisotopic (exact) mass is 361 g/mol. The maximum Gasteiger partial charge on any atom is 0.193 e. The van der Waals surface area contributed by atoms with Gasteiger partial charge in [-0.25, -0.2) is 0 Å². The molecule has 0 bridgehead atoms. The Morgan fingerprint density at radius 2 is 1.74 bits per heavy atom. The first kappa shape index (κ1) is 17.2. The number of nitrogens with two attached hydrogens (primary N) is 1. The highest BCUT2D eigenvalue weighted by Crippen LogP contribution is 2.32. The van der Waals surface area contributed by atoms with Gasteiger partial charge in [0, 0.05) is 24.7 Å². The lowest BCUT2D eigenvalue weighted by Crippen LogP contribution is -2.23. The predicted molar refractivity (Wildman–Crippen MR) is 110 cm³/mol. The Hall–Kier alpha value is -3.21. The number of aliphatic imine (C=N–C) groups is 1. The van der Waals surface area contributed by atoms with E-state index in [4.69, 9.17) is 15.2 Å². The summed E-state index contributed by atoms with van der Waals surface area (Å²) < 4.78 is 11.3. The number of benzene rings is 3. The third-order valence-electron chi connectivity index (χ3n) is 4.52. The van der Waals surface area contributed by atoms with Gasteiger partial charge in [-0.2, -0.15) is 0 Å². The van der Waals surface area contributed by atoms with Gasteiger partial charge in [-0.1, -0.05) is 42.5 Å². The lowest BCUT2D eigenvalue weighted by Gasteiger charge is -2.10. The molecule has 3 aromatic rings. The first-order valence-electron chi connectivity index (χ1n) is 9.22. The van der Waals surface area contributed by atoms with Crippen LogP contribution in [0.3, 0.4) is 0 Å². The van der Waals surface area contributed by atoms with Gasteiger partial charge in [-0.3, -0.25) is 4.99 Å². The molecule has 5 heteroatoms. The quantitative estimate of drug-likeness (QED) is 0.545. The lowest BCUT2D eigenvalue weighted by atomic mass is 10.1. The van der Waals surface area contributed by atoms with Gasteiger partial charge in [0.05, 0.1) is 13.2 Å². The molecule has 5 nitrogen and oxygen atoms in total. The van der Waals surface area contributed by atoms with E-state index < -0.39 is 0 Å². The second-order valence-electron chi connectivity index (χ2n) is 6.54. The van der Waals surface area contributed by atoms with Crippen molar-refractivity contribution in [1.29, 1.82) is 0 Å². The van der Waals surface area contributed by atoms with Gasteiger partial charge in [0.1, 0.15) is 0 Å². The summed E-state index contributed by atoms with van der Waals surface area (Å²) in [6, 6.07) is 20.6. The minimum atomic E-state index is 0.394. The third kappa shape index (κ3) is 4.31. The standard InChI is InChI=1S/C22H23N3O2/c23-22(25-19-8-9-20-21(15-19)27-13-3-12-26-20)24-11-10-16-6-7-17-4-1-2-5-18(17)14-16/h1-2,4-9,14-15H,3,10-13H2,(H3,23,24,25). The van der Waals surface area contributed by atoms with Gasteiger partial charge >= 0.3 is 0 Å². The van der Waals surface area contributed by atoms with Crippen LogP contribution in [0, 0.1) is 0 Å². The van der Waals surface area contributed by atoms with E-state index in [0.29, 0.717) is 25.7 Å². The molecule has 0 unspecified atom stereocenters. The molecule has 0 saturated heterocycles. The topological polar surface area (TPSA) is 68.9 Å². The zero-order chi connectivity index (χ0) is 18.5. The largest absolute Gasteiger partial charge is 0.490 e. The number of rotatable bonds is 4. The molecule has 0 fully saturated rings. The number of hydrogen-bond donors (Lipinski definition) is 2. The Bertz CT molecular complexity index is 969. The van der Waals surface area contributed by atoms with Crippen molar-refractivity contribution in [3.05, 3.63) is 66.2 Å². The van der Waals surface area contributed by atoms with Crippen molar-refractivity contribution >= 4 is 22.4 Å². The number of nitrogens with zero attached hydrogens (tertiary/aromatic N) is 1. The molecule has 138 valence electrons. The number of guanidine groups is 1. The summed E-state index contributed by atoms with van der Waals surface area (Å²) in [5.41, 5.74) is 8.12. The van der Waals surface area contributed by atoms with E-state index in [1.54, 1.807) is 0 Å². The molecule has 0 aromatic heterocycles. The molecule has 0 spiro atoms. The van der Waals surface area contributed by atoms with Crippen molar-refractivity contribution in [2.75, 3.05) is 25.1 Å². The van der Waals surface area contributed by atoms with Gasteiger partial charge in [-0.15, -0.1) is 0 Å². The SMILES string of the molecule is NC(=NCCc1ccc2ccccc2c1)Nc1ccc2c(c1)OCCCO2. The van der Waals surface area contributed by atoms with Gasteiger partial charge < -0.3 is 20.5 Å². The summed E-state index contributed by atoms with van der Waals surface area (Å²) in [6.45, 7) is 1.96. The maximum absolute atomic E-state index is 6.03. The van der Waals surface area contributed by atoms with E-state index in [9.17, 15) is 0 Å². The number of ether oxygens (including phenoxy) is 2. The number of hydrogen-bond acceptors (Lipinski definition) is 3. The summed E-state index contributed by atoms with van der Waals surface area (Å²) in [4.78, 5) is 4.44. The molecule has 0 saturated carbocycles. The van der Waals surface area contributed by atoms with Crippen molar-refractivity contribution in [3.8, 4) is 11.5 Å². The Labute approximate surface area is 158 Å². The Balaban J connectivity index is 1.37. The van der Waals surface area contributed by atoms with Crippen LogP contribution in [0.25, 0.3) is 10.8 Å². The minimum absolute atomic E-state index is 0.394. The van der Waals surface area contributed by atoms with E-state index >= 15 is 0 Å². The average Bonchev–Trinajstić information content (AvgIpc) is 2.93. The molecule has 1 aliphatic heterocycles. The summed E-state index contributed by atoms with van der Waals surface area (Å²) in [7, 11) is 0. The summed E-state index contributed by atoms with van der Waals surface area (Å²) in [5.74, 6) is 1.90. The molecular weight excluding hydrogens is 338 g/mol. The molecular formula is C22H23N3O2. The van der Waals surface area contributed by atoms with E-state index in [0.717, 1.165) is 30.0 Å². The molecule has 3 aromatic carbocycles. The van der Waals surface area contributed by atoms with Gasteiger partial charge in [0.25, 0.3) is 0 Å². The summed E-state index contributed by atoms with van der Waals surface area (Å²) >= 11 is 0. The molecule has 1 heterocycles. The van der Waals surface area contributed by atoms with E-state index in [1.165, 1.54) is 16.3 Å². The molecule has 0 radical (unpaired) electrons. The first-order chi connectivity index (χ1) is 13.3. The maximum atomic E-state index is 6.03. The Morgan fingerprint density at radius 3 is 2.63 bits per heavy atom. The van der Waals surface area contributed by atoms with Crippen LogP contribution in [0.2, 0.25) is 0 Å². The number of anilines is 1. The zero-order valence-corrected chi connectivity index (χ0v) is 15.2. The van der Waals surface area contributed by atoms with Crippen LogP contribution in [0.4, 0.5) is 5.69 Å². The second kappa shape index (κ2) is 7.99. The predicted octanol–water partition coefficient (Wildman–Crippen LogP) is 3.97. The van der Waals surface area contributed by atoms with Crippen LogP contribution in [0.5, 0.6) is 11.5 Å². The van der Waals surface area contributed by atoms with Crippen LogP contribution in [-0.2, 0) is 6.42 Å². The molecule has 0 aliphatic carbocycles. The molecule has 0 atom stereocenters. The molecule has 0 amide bonds. The second-order valence-corrected chi connectivity index (χ2v) is 6.54. The van der Waals surface area contributed by atoms with Crippen molar-refractivity contribution in [1.82, 2.24) is 0 Å². The zero-order valence-electron chi connectivity index (χ0n) is 15.2. The van der Waals surface area contributed by atoms with Crippen molar-refractivity contribution in [2.45, 2.75) is 12.8 Å². The number of nitrogens with one attached hydrogen (secondary N) is 1. The van der Waals surface area contributed by atoms with Crippen LogP contribution in [0.1, 0.15) is 12.0 Å². The molecule has 3 N–H and O–H groups in total. The summed E-state index contributed by atoms with van der Waals surface area (Å²) in [6.07, 6.45) is 1.73. The normalized spacial score (nSPS) is 14.0. The van der Waals surface area contributed by atoms with Crippen LogP contribution >= 0.6 is 0 Å². The minimum Gasteiger partial charge on any atom is -0.490 e. The van der Waals surface area contributed by atoms with E-state index in [-0.39, 0.29) is 0 Å². The smallest absolute Gasteiger partial charge is 0.193 e. The summed E-state index contributed by atoms with van der Waals surface area (Å²) in [5, 5.41) is 5.62. The molecule has 1 aliphatic rings. The van der Waals surface area contributed by atoms with Crippen molar-refractivity contribution < 1.29 is 9.47 Å². The number of fused-ring (bicyclic) bond motifs is 2.